The summed E-state index contributed by atoms with van der Waals surface area (Å²) in [7, 11) is 0. The van der Waals surface area contributed by atoms with Crippen LogP contribution in [0.1, 0.15) is 20.8 Å². The van der Waals surface area contributed by atoms with Crippen LogP contribution in [0, 0.1) is 11.8 Å². The lowest BCUT2D eigenvalue weighted by molar-refractivity contribution is -0.171. The van der Waals surface area contributed by atoms with E-state index < -0.39 is 11.9 Å². The van der Waals surface area contributed by atoms with E-state index in [2.05, 4.69) is 0 Å². The molecule has 2 aliphatic carbocycles. The summed E-state index contributed by atoms with van der Waals surface area (Å²) in [6.07, 6.45) is 0.344. The summed E-state index contributed by atoms with van der Waals surface area (Å²) >= 11 is 0. The van der Waals surface area contributed by atoms with Crippen molar-refractivity contribution in [2.24, 2.45) is 11.8 Å². The minimum atomic E-state index is -0.696. The molecule has 0 aromatic carbocycles. The Hall–Kier alpha value is -0.710. The molecule has 4 nitrogen and oxygen atoms in total. The number of hydrogen-bond acceptors (Lipinski definition) is 4. The van der Waals surface area contributed by atoms with E-state index in [1.165, 1.54) is 0 Å². The Labute approximate surface area is 94.2 Å². The van der Waals surface area contributed by atoms with E-state index >= 15 is 0 Å². The molecule has 0 aromatic heterocycles. The zero-order valence-corrected chi connectivity index (χ0v) is 9.64. The fourth-order valence-electron chi connectivity index (χ4n) is 3.29. The first kappa shape index (κ1) is 10.4. The van der Waals surface area contributed by atoms with E-state index in [1.54, 1.807) is 6.08 Å². The van der Waals surface area contributed by atoms with Crippen LogP contribution in [0.2, 0.25) is 0 Å². The third kappa shape index (κ3) is 1.18. The number of fused-ring (bicyclic) bond motifs is 3. The van der Waals surface area contributed by atoms with Crippen molar-refractivity contribution >= 4 is 5.78 Å². The summed E-state index contributed by atoms with van der Waals surface area (Å²) in [4.78, 5) is 11.8. The maximum Gasteiger partial charge on any atom is 0.163 e. The van der Waals surface area contributed by atoms with Gasteiger partial charge in [-0.15, -0.1) is 0 Å². The van der Waals surface area contributed by atoms with Crippen LogP contribution in [-0.4, -0.2) is 35.0 Å². The quantitative estimate of drug-likeness (QED) is 0.656. The first-order valence-corrected chi connectivity index (χ1v) is 5.66. The smallest absolute Gasteiger partial charge is 0.163 e. The van der Waals surface area contributed by atoms with Gasteiger partial charge in [-0.05, 0) is 26.8 Å². The van der Waals surface area contributed by atoms with E-state index in [0.717, 1.165) is 5.57 Å². The number of aliphatic hydroxyl groups is 1. The topological polar surface area (TPSA) is 55.8 Å². The summed E-state index contributed by atoms with van der Waals surface area (Å²) in [6.45, 7) is 5.51. The molecule has 3 rings (SSSR count). The molecule has 0 radical (unpaired) electrons. The molecular weight excluding hydrogens is 208 g/mol. The average Bonchev–Trinajstić information content (AvgIpc) is 2.69. The third-order valence-electron chi connectivity index (χ3n) is 3.83. The first-order valence-electron chi connectivity index (χ1n) is 5.66. The molecule has 0 unspecified atom stereocenters. The van der Waals surface area contributed by atoms with Gasteiger partial charge in [0.15, 0.2) is 11.6 Å². The molecule has 0 bridgehead atoms. The number of ether oxygens (including phenoxy) is 2. The van der Waals surface area contributed by atoms with Crippen molar-refractivity contribution in [3.05, 3.63) is 11.6 Å². The molecule has 0 amide bonds. The Morgan fingerprint density at radius 1 is 1.25 bits per heavy atom. The number of carbonyl (C=O) groups is 1. The van der Waals surface area contributed by atoms with Crippen molar-refractivity contribution in [2.45, 2.75) is 44.9 Å². The number of carbonyl (C=O) groups excluding carboxylic acids is 1. The summed E-state index contributed by atoms with van der Waals surface area (Å²) < 4.78 is 11.4. The van der Waals surface area contributed by atoms with E-state index in [4.69, 9.17) is 9.47 Å². The van der Waals surface area contributed by atoms with Crippen molar-refractivity contribution in [3.8, 4) is 0 Å². The lowest BCUT2D eigenvalue weighted by Crippen LogP contribution is -2.32. The monoisotopic (exact) mass is 224 g/mol. The fraction of sp³-hybridized carbons (Fsp3) is 0.750. The van der Waals surface area contributed by atoms with Gasteiger partial charge in [0.1, 0.15) is 12.2 Å². The maximum atomic E-state index is 11.8. The number of allylic oxidation sites excluding steroid dienone is 1. The van der Waals surface area contributed by atoms with Crippen molar-refractivity contribution in [1.29, 1.82) is 0 Å². The Morgan fingerprint density at radius 2 is 1.88 bits per heavy atom. The average molecular weight is 224 g/mol. The van der Waals surface area contributed by atoms with Gasteiger partial charge in [-0.25, -0.2) is 0 Å². The van der Waals surface area contributed by atoms with E-state index in [1.807, 2.05) is 20.8 Å². The highest BCUT2D eigenvalue weighted by atomic mass is 16.8. The highest BCUT2D eigenvalue weighted by molar-refractivity contribution is 5.96. The molecule has 1 saturated carbocycles. The second kappa shape index (κ2) is 2.94. The lowest BCUT2D eigenvalue weighted by atomic mass is 9.92. The fourth-order valence-corrected chi connectivity index (χ4v) is 3.29. The molecule has 0 aromatic rings. The molecule has 4 heteroatoms. The number of hydrogen-bond donors (Lipinski definition) is 1. The van der Waals surface area contributed by atoms with Crippen LogP contribution in [0.25, 0.3) is 0 Å². The lowest BCUT2D eigenvalue weighted by Gasteiger charge is -2.24. The highest BCUT2D eigenvalue weighted by Gasteiger charge is 2.62. The molecule has 0 spiro atoms. The predicted molar refractivity (Wildman–Crippen MR) is 55.6 cm³/mol. The largest absolute Gasteiger partial charge is 0.390 e. The van der Waals surface area contributed by atoms with Crippen LogP contribution < -0.4 is 0 Å². The Bertz CT molecular complexity index is 384. The zero-order valence-electron chi connectivity index (χ0n) is 9.64. The molecule has 1 heterocycles. The van der Waals surface area contributed by atoms with Crippen LogP contribution in [0.5, 0.6) is 0 Å². The SMILES string of the molecule is CC1=CC(=O)[C@H]2[C@H]3OC(C)(C)O[C@H]3[C@@H](O)[C@@H]12. The second-order valence-electron chi connectivity index (χ2n) is 5.40. The summed E-state index contributed by atoms with van der Waals surface area (Å²) in [5, 5.41) is 10.2. The van der Waals surface area contributed by atoms with Gasteiger partial charge in [0.25, 0.3) is 0 Å². The highest BCUT2D eigenvalue weighted by Crippen LogP contribution is 2.50. The van der Waals surface area contributed by atoms with Gasteiger partial charge >= 0.3 is 0 Å². The van der Waals surface area contributed by atoms with Crippen molar-refractivity contribution in [1.82, 2.24) is 0 Å². The number of ketones is 1. The van der Waals surface area contributed by atoms with Gasteiger partial charge in [-0.1, -0.05) is 5.57 Å². The van der Waals surface area contributed by atoms with Crippen molar-refractivity contribution in [3.63, 3.8) is 0 Å². The standard InChI is InChI=1S/C12H16O4/c1-5-4-6(13)8-7(5)9(14)11-10(8)15-12(2,3)16-11/h4,7-11,14H,1-3H3/t7-,8+,9-,10+,11-/m0/s1. The van der Waals surface area contributed by atoms with Crippen LogP contribution >= 0.6 is 0 Å². The summed E-state index contributed by atoms with van der Waals surface area (Å²) in [6, 6.07) is 0. The van der Waals surface area contributed by atoms with E-state index in [-0.39, 0.29) is 29.8 Å². The summed E-state index contributed by atoms with van der Waals surface area (Å²) in [5.41, 5.74) is 0.946. The van der Waals surface area contributed by atoms with Crippen LogP contribution in [0.3, 0.4) is 0 Å². The Kier molecular flexibility index (Phi) is 1.92. The first-order chi connectivity index (χ1) is 7.41. The Morgan fingerprint density at radius 3 is 2.56 bits per heavy atom. The van der Waals surface area contributed by atoms with Crippen LogP contribution in [0.15, 0.2) is 11.6 Å². The zero-order chi connectivity index (χ0) is 11.7. The van der Waals surface area contributed by atoms with Gasteiger partial charge in [-0.2, -0.15) is 0 Å². The molecule has 1 aliphatic heterocycles. The molecule has 5 atom stereocenters. The molecule has 1 N–H and O–H groups in total. The second-order valence-corrected chi connectivity index (χ2v) is 5.40. The molecule has 2 fully saturated rings. The Balaban J connectivity index is 1.96. The van der Waals surface area contributed by atoms with Gasteiger partial charge in [0.05, 0.1) is 12.0 Å². The minimum absolute atomic E-state index is 0.0651. The van der Waals surface area contributed by atoms with Crippen LogP contribution in [0.4, 0.5) is 0 Å². The summed E-state index contributed by atoms with van der Waals surface area (Å²) in [5.74, 6) is -0.992. The number of rotatable bonds is 0. The number of aliphatic hydroxyl groups excluding tert-OH is 1. The van der Waals surface area contributed by atoms with Gasteiger partial charge in [-0.3, -0.25) is 4.79 Å². The third-order valence-corrected chi connectivity index (χ3v) is 3.83. The van der Waals surface area contributed by atoms with Gasteiger partial charge in [0.2, 0.25) is 0 Å². The molecule has 3 aliphatic rings. The molecular formula is C12H16O4. The normalized spacial score (nSPS) is 49.1. The molecule has 88 valence electrons. The van der Waals surface area contributed by atoms with Crippen molar-refractivity contribution < 1.29 is 19.4 Å². The van der Waals surface area contributed by atoms with Gasteiger partial charge < -0.3 is 14.6 Å². The predicted octanol–water partition coefficient (Wildman–Crippen LogP) is 0.642. The molecule has 1 saturated heterocycles. The van der Waals surface area contributed by atoms with Crippen LogP contribution in [-0.2, 0) is 14.3 Å². The van der Waals surface area contributed by atoms with E-state index in [0.29, 0.717) is 0 Å². The minimum Gasteiger partial charge on any atom is -0.390 e. The van der Waals surface area contributed by atoms with Gasteiger partial charge in [0, 0.05) is 5.92 Å². The molecule has 16 heavy (non-hydrogen) atoms. The van der Waals surface area contributed by atoms with E-state index in [9.17, 15) is 9.90 Å². The van der Waals surface area contributed by atoms with Crippen molar-refractivity contribution in [2.75, 3.05) is 0 Å². The maximum absolute atomic E-state index is 11.8.